The van der Waals surface area contributed by atoms with Crippen LogP contribution in [0.4, 0.5) is 15.6 Å². The number of thiazole rings is 1. The lowest BCUT2D eigenvalue weighted by atomic mass is 10.2. The van der Waals surface area contributed by atoms with Crippen LogP contribution in [-0.2, 0) is 0 Å². The van der Waals surface area contributed by atoms with Crippen LogP contribution in [-0.4, -0.2) is 51.5 Å². The molecule has 3 heterocycles. The van der Waals surface area contributed by atoms with Gasteiger partial charge >= 0.3 is 6.03 Å². The van der Waals surface area contributed by atoms with Crippen molar-refractivity contribution in [3.8, 4) is 11.4 Å². The Morgan fingerprint density at radius 1 is 1.03 bits per heavy atom. The van der Waals surface area contributed by atoms with Crippen LogP contribution < -0.4 is 10.2 Å². The third-order valence-corrected chi connectivity index (χ3v) is 6.44. The molecule has 7 nitrogen and oxygen atoms in total. The summed E-state index contributed by atoms with van der Waals surface area (Å²) in [6.07, 6.45) is 0. The Kier molecular flexibility index (Phi) is 4.82. The van der Waals surface area contributed by atoms with E-state index in [9.17, 15) is 4.79 Å². The van der Waals surface area contributed by atoms with Gasteiger partial charge in [0, 0.05) is 49.0 Å². The average Bonchev–Trinajstić information content (AvgIpc) is 3.44. The SMILES string of the molecule is O=C(Nc1ccc2ncsc2c1)N1CCN(c2nc(-c3ccccc3)ns2)CC1. The molecule has 2 amide bonds. The van der Waals surface area contributed by atoms with E-state index in [1.807, 2.05) is 58.9 Å². The van der Waals surface area contributed by atoms with Gasteiger partial charge in [-0.05, 0) is 18.2 Å². The summed E-state index contributed by atoms with van der Waals surface area (Å²) < 4.78 is 5.55. The van der Waals surface area contributed by atoms with Crippen molar-refractivity contribution in [1.29, 1.82) is 0 Å². The number of carbonyl (C=O) groups excluding carboxylic acids is 1. The molecule has 0 unspecified atom stereocenters. The minimum absolute atomic E-state index is 0.0734. The van der Waals surface area contributed by atoms with Gasteiger partial charge in [0.1, 0.15) is 0 Å². The predicted molar refractivity (Wildman–Crippen MR) is 118 cm³/mol. The van der Waals surface area contributed by atoms with Crippen molar-refractivity contribution in [3.05, 3.63) is 54.0 Å². The summed E-state index contributed by atoms with van der Waals surface area (Å²) in [5, 5.41) is 3.90. The van der Waals surface area contributed by atoms with E-state index < -0.39 is 0 Å². The minimum atomic E-state index is -0.0734. The summed E-state index contributed by atoms with van der Waals surface area (Å²) >= 11 is 2.97. The number of hydrogen-bond donors (Lipinski definition) is 1. The first kappa shape index (κ1) is 18.0. The molecule has 0 saturated carbocycles. The number of nitrogens with zero attached hydrogens (tertiary/aromatic N) is 5. The van der Waals surface area contributed by atoms with E-state index >= 15 is 0 Å². The van der Waals surface area contributed by atoms with Gasteiger partial charge in [-0.2, -0.15) is 9.36 Å². The van der Waals surface area contributed by atoms with Gasteiger partial charge in [0.25, 0.3) is 0 Å². The van der Waals surface area contributed by atoms with Crippen molar-refractivity contribution in [1.82, 2.24) is 19.2 Å². The van der Waals surface area contributed by atoms with Gasteiger partial charge < -0.3 is 15.1 Å². The molecular weight excluding hydrogens is 404 g/mol. The number of urea groups is 1. The molecule has 0 atom stereocenters. The van der Waals surface area contributed by atoms with E-state index in [-0.39, 0.29) is 6.03 Å². The summed E-state index contributed by atoms with van der Waals surface area (Å²) in [7, 11) is 0. The van der Waals surface area contributed by atoms with E-state index in [0.29, 0.717) is 13.1 Å². The topological polar surface area (TPSA) is 74.2 Å². The fraction of sp³-hybridized carbons (Fsp3) is 0.200. The highest BCUT2D eigenvalue weighted by atomic mass is 32.1. The third-order valence-electron chi connectivity index (χ3n) is 4.87. The largest absolute Gasteiger partial charge is 0.343 e. The lowest BCUT2D eigenvalue weighted by Gasteiger charge is -2.34. The van der Waals surface area contributed by atoms with Crippen molar-refractivity contribution in [2.24, 2.45) is 0 Å². The highest BCUT2D eigenvalue weighted by Crippen LogP contribution is 2.25. The Morgan fingerprint density at radius 3 is 2.69 bits per heavy atom. The highest BCUT2D eigenvalue weighted by Gasteiger charge is 2.23. The smallest absolute Gasteiger partial charge is 0.321 e. The second kappa shape index (κ2) is 7.76. The standard InChI is InChI=1S/C20H18N6OS2/c27-19(22-15-6-7-16-17(12-15)28-13-21-16)25-8-10-26(11-9-25)20-23-18(24-29-20)14-4-2-1-3-5-14/h1-7,12-13H,8-11H2,(H,22,27). The number of rotatable bonds is 3. The third kappa shape index (κ3) is 3.79. The Bertz CT molecular complexity index is 1130. The van der Waals surface area contributed by atoms with Gasteiger partial charge in [-0.15, -0.1) is 11.3 Å². The molecule has 146 valence electrons. The Labute approximate surface area is 175 Å². The number of fused-ring (bicyclic) bond motifs is 1. The maximum atomic E-state index is 12.6. The van der Waals surface area contributed by atoms with E-state index in [4.69, 9.17) is 0 Å². The summed E-state index contributed by atoms with van der Waals surface area (Å²) in [4.78, 5) is 25.6. The van der Waals surface area contributed by atoms with E-state index in [1.165, 1.54) is 11.5 Å². The molecule has 0 spiro atoms. The van der Waals surface area contributed by atoms with Gasteiger partial charge in [-0.1, -0.05) is 30.3 Å². The van der Waals surface area contributed by atoms with Crippen LogP contribution in [0.3, 0.4) is 0 Å². The van der Waals surface area contributed by atoms with Crippen molar-refractivity contribution in [3.63, 3.8) is 0 Å². The lowest BCUT2D eigenvalue weighted by molar-refractivity contribution is 0.208. The Balaban J connectivity index is 1.20. The first-order valence-electron chi connectivity index (χ1n) is 9.29. The summed E-state index contributed by atoms with van der Waals surface area (Å²) in [6.45, 7) is 2.78. The van der Waals surface area contributed by atoms with Crippen LogP contribution >= 0.6 is 22.9 Å². The fourth-order valence-corrected chi connectivity index (χ4v) is 4.74. The number of hydrogen-bond acceptors (Lipinski definition) is 7. The maximum Gasteiger partial charge on any atom is 0.321 e. The van der Waals surface area contributed by atoms with Gasteiger partial charge in [0.05, 0.1) is 15.7 Å². The Morgan fingerprint density at radius 2 is 1.86 bits per heavy atom. The monoisotopic (exact) mass is 422 g/mol. The van der Waals surface area contributed by atoms with Gasteiger partial charge in [0.15, 0.2) is 5.82 Å². The summed E-state index contributed by atoms with van der Waals surface area (Å²) in [6, 6.07) is 15.7. The zero-order chi connectivity index (χ0) is 19.6. The van der Waals surface area contributed by atoms with Crippen molar-refractivity contribution in [2.45, 2.75) is 0 Å². The maximum absolute atomic E-state index is 12.6. The zero-order valence-electron chi connectivity index (χ0n) is 15.5. The fourth-order valence-electron chi connectivity index (χ4n) is 3.28. The lowest BCUT2D eigenvalue weighted by Crippen LogP contribution is -2.50. The molecule has 1 saturated heterocycles. The van der Waals surface area contributed by atoms with Crippen molar-refractivity contribution < 1.29 is 4.79 Å². The average molecular weight is 423 g/mol. The second-order valence-electron chi connectivity index (χ2n) is 6.71. The van der Waals surface area contributed by atoms with Gasteiger partial charge in [-0.3, -0.25) is 0 Å². The molecule has 29 heavy (non-hydrogen) atoms. The normalized spacial score (nSPS) is 14.3. The number of carbonyl (C=O) groups is 1. The van der Waals surface area contributed by atoms with Gasteiger partial charge in [-0.25, -0.2) is 9.78 Å². The van der Waals surface area contributed by atoms with Crippen LogP contribution in [0.1, 0.15) is 0 Å². The van der Waals surface area contributed by atoms with Crippen LogP contribution in [0, 0.1) is 0 Å². The quantitative estimate of drug-likeness (QED) is 0.536. The molecule has 2 aromatic carbocycles. The van der Waals surface area contributed by atoms with E-state index in [2.05, 4.69) is 24.6 Å². The second-order valence-corrected chi connectivity index (χ2v) is 8.32. The molecule has 5 rings (SSSR count). The number of nitrogens with one attached hydrogen (secondary N) is 1. The highest BCUT2D eigenvalue weighted by molar-refractivity contribution is 7.16. The molecular formula is C20H18N6OS2. The van der Waals surface area contributed by atoms with Crippen molar-refractivity contribution in [2.75, 3.05) is 36.4 Å². The molecule has 1 fully saturated rings. The molecule has 1 aliphatic rings. The summed E-state index contributed by atoms with van der Waals surface area (Å²) in [5.41, 5.74) is 4.58. The molecule has 9 heteroatoms. The van der Waals surface area contributed by atoms with E-state index in [1.54, 1.807) is 11.3 Å². The zero-order valence-corrected chi connectivity index (χ0v) is 17.1. The molecule has 1 N–H and O–H groups in total. The number of amides is 2. The van der Waals surface area contributed by atoms with E-state index in [0.717, 1.165) is 45.5 Å². The van der Waals surface area contributed by atoms with Crippen molar-refractivity contribution >= 4 is 49.9 Å². The minimum Gasteiger partial charge on any atom is -0.343 e. The number of benzene rings is 2. The first-order valence-corrected chi connectivity index (χ1v) is 10.9. The van der Waals surface area contributed by atoms with Crippen LogP contribution in [0.5, 0.6) is 0 Å². The molecule has 1 aliphatic heterocycles. The molecule has 0 radical (unpaired) electrons. The number of piperazine rings is 1. The van der Waals surface area contributed by atoms with Gasteiger partial charge in [0.2, 0.25) is 5.13 Å². The predicted octanol–water partition coefficient (Wildman–Crippen LogP) is 4.17. The number of anilines is 2. The Hall–Kier alpha value is -3.04. The molecule has 0 aliphatic carbocycles. The number of aromatic nitrogens is 3. The molecule has 4 aromatic rings. The van der Waals surface area contributed by atoms with Crippen LogP contribution in [0.2, 0.25) is 0 Å². The molecule has 0 bridgehead atoms. The van der Waals surface area contributed by atoms with Crippen LogP contribution in [0.25, 0.3) is 21.6 Å². The van der Waals surface area contributed by atoms with Crippen LogP contribution in [0.15, 0.2) is 54.0 Å². The first-order chi connectivity index (χ1) is 14.3. The molecule has 2 aromatic heterocycles. The summed E-state index contributed by atoms with van der Waals surface area (Å²) in [5.74, 6) is 0.754.